The molecule has 1 aliphatic rings. The van der Waals surface area contributed by atoms with Crippen LogP contribution in [0.25, 0.3) is 0 Å². The van der Waals surface area contributed by atoms with Gasteiger partial charge in [-0.25, -0.2) is 4.79 Å². The zero-order valence-electron chi connectivity index (χ0n) is 13.4. The van der Waals surface area contributed by atoms with E-state index in [1.807, 2.05) is 0 Å². The molecule has 1 aromatic rings. The number of ether oxygens (including phenoxy) is 1. The number of hydrogen-bond donors (Lipinski definition) is 1. The van der Waals surface area contributed by atoms with Crippen LogP contribution >= 0.6 is 0 Å². The number of amides is 1. The molecule has 0 aliphatic heterocycles. The van der Waals surface area contributed by atoms with Gasteiger partial charge in [0.2, 0.25) is 0 Å². The molecule has 0 radical (unpaired) electrons. The molecule has 0 aromatic heterocycles. The lowest BCUT2D eigenvalue weighted by Gasteiger charge is -2.28. The Morgan fingerprint density at radius 1 is 1.19 bits per heavy atom. The fraction of sp³-hybridized carbons (Fsp3) is 0.611. The van der Waals surface area contributed by atoms with Crippen molar-refractivity contribution < 1.29 is 9.53 Å². The van der Waals surface area contributed by atoms with Crippen LogP contribution in [0.5, 0.6) is 0 Å². The molecule has 116 valence electrons. The third kappa shape index (κ3) is 3.99. The maximum Gasteiger partial charge on any atom is 0.411 e. The molecule has 1 saturated carbocycles. The van der Waals surface area contributed by atoms with E-state index in [1.165, 1.54) is 17.5 Å². The van der Waals surface area contributed by atoms with Crippen LogP contribution in [0.15, 0.2) is 18.2 Å². The Morgan fingerprint density at radius 2 is 1.81 bits per heavy atom. The van der Waals surface area contributed by atoms with E-state index in [9.17, 15) is 4.79 Å². The molecule has 1 N–H and O–H groups in total. The number of nitrogens with one attached hydrogen (secondary N) is 1. The molecule has 1 amide bonds. The first-order valence-electron chi connectivity index (χ1n) is 8.24. The number of para-hydroxylation sites is 1. The zero-order valence-corrected chi connectivity index (χ0v) is 13.4. The fourth-order valence-corrected chi connectivity index (χ4v) is 3.13. The van der Waals surface area contributed by atoms with Crippen molar-refractivity contribution in [2.75, 3.05) is 5.32 Å². The summed E-state index contributed by atoms with van der Waals surface area (Å²) in [6.07, 6.45) is 6.14. The van der Waals surface area contributed by atoms with Crippen molar-refractivity contribution in [3.05, 3.63) is 29.3 Å². The molecule has 1 aromatic carbocycles. The van der Waals surface area contributed by atoms with Crippen molar-refractivity contribution in [2.24, 2.45) is 5.92 Å². The summed E-state index contributed by atoms with van der Waals surface area (Å²) >= 11 is 0. The van der Waals surface area contributed by atoms with Gasteiger partial charge in [-0.15, -0.1) is 0 Å². The normalized spacial score (nSPS) is 21.9. The molecule has 21 heavy (non-hydrogen) atoms. The Balaban J connectivity index is 2.05. The molecule has 0 bridgehead atoms. The number of anilines is 1. The summed E-state index contributed by atoms with van der Waals surface area (Å²) in [5, 5.41) is 2.99. The van der Waals surface area contributed by atoms with Crippen LogP contribution in [-0.2, 0) is 17.6 Å². The predicted molar refractivity (Wildman–Crippen MR) is 86.7 cm³/mol. The Labute approximate surface area is 128 Å². The van der Waals surface area contributed by atoms with Crippen molar-refractivity contribution in [3.8, 4) is 0 Å². The Bertz CT molecular complexity index is 462. The van der Waals surface area contributed by atoms with E-state index < -0.39 is 0 Å². The number of hydrogen-bond acceptors (Lipinski definition) is 2. The van der Waals surface area contributed by atoms with Gasteiger partial charge in [-0.05, 0) is 49.1 Å². The van der Waals surface area contributed by atoms with Gasteiger partial charge in [0, 0.05) is 0 Å². The topological polar surface area (TPSA) is 38.3 Å². The summed E-state index contributed by atoms with van der Waals surface area (Å²) in [5.41, 5.74) is 3.28. The van der Waals surface area contributed by atoms with Gasteiger partial charge in [-0.3, -0.25) is 5.32 Å². The zero-order chi connectivity index (χ0) is 15.2. The van der Waals surface area contributed by atoms with Gasteiger partial charge in [-0.1, -0.05) is 45.4 Å². The Hall–Kier alpha value is -1.51. The van der Waals surface area contributed by atoms with Crippen molar-refractivity contribution >= 4 is 11.8 Å². The molecular weight excluding hydrogens is 262 g/mol. The van der Waals surface area contributed by atoms with Crippen LogP contribution in [0.2, 0.25) is 0 Å². The molecule has 0 saturated heterocycles. The SMILES string of the molecule is CCc1cccc(CC)c1NC(=O)O[C@@H]1CCCC[C@H]1C. The lowest BCUT2D eigenvalue weighted by molar-refractivity contribution is 0.0524. The smallest absolute Gasteiger partial charge is 0.411 e. The van der Waals surface area contributed by atoms with Gasteiger partial charge >= 0.3 is 6.09 Å². The van der Waals surface area contributed by atoms with Crippen LogP contribution in [0.3, 0.4) is 0 Å². The summed E-state index contributed by atoms with van der Waals surface area (Å²) in [6.45, 7) is 6.39. The maximum absolute atomic E-state index is 12.2. The van der Waals surface area contributed by atoms with Crippen LogP contribution in [0.1, 0.15) is 57.6 Å². The number of aryl methyl sites for hydroxylation is 2. The largest absolute Gasteiger partial charge is 0.446 e. The highest BCUT2D eigenvalue weighted by molar-refractivity contribution is 5.87. The Kier molecular flexibility index (Phi) is 5.66. The summed E-state index contributed by atoms with van der Waals surface area (Å²) in [4.78, 5) is 12.2. The first-order chi connectivity index (χ1) is 10.2. The summed E-state index contributed by atoms with van der Waals surface area (Å²) < 4.78 is 5.66. The standard InChI is InChI=1S/C18H27NO2/c1-4-14-10-8-11-15(5-2)17(14)19-18(20)21-16-12-7-6-9-13(16)3/h8,10-11,13,16H,4-7,9,12H2,1-3H3,(H,19,20)/t13-,16-/m1/s1. The van der Waals surface area contributed by atoms with Crippen molar-refractivity contribution in [1.82, 2.24) is 0 Å². The minimum absolute atomic E-state index is 0.0672. The summed E-state index contributed by atoms with van der Waals surface area (Å²) in [5.74, 6) is 0.469. The van der Waals surface area contributed by atoms with Gasteiger partial charge in [-0.2, -0.15) is 0 Å². The average molecular weight is 289 g/mol. The average Bonchev–Trinajstić information content (AvgIpc) is 2.49. The van der Waals surface area contributed by atoms with Crippen molar-refractivity contribution in [1.29, 1.82) is 0 Å². The van der Waals surface area contributed by atoms with Crippen LogP contribution < -0.4 is 5.32 Å². The molecule has 0 unspecified atom stereocenters. The van der Waals surface area contributed by atoms with Gasteiger partial charge < -0.3 is 4.74 Å². The van der Waals surface area contributed by atoms with Gasteiger partial charge in [0.25, 0.3) is 0 Å². The van der Waals surface area contributed by atoms with Crippen molar-refractivity contribution in [2.45, 2.75) is 65.4 Å². The highest BCUT2D eigenvalue weighted by atomic mass is 16.6. The Morgan fingerprint density at radius 3 is 2.38 bits per heavy atom. The van der Waals surface area contributed by atoms with E-state index in [0.29, 0.717) is 5.92 Å². The quantitative estimate of drug-likeness (QED) is 0.852. The molecule has 2 rings (SSSR count). The minimum Gasteiger partial charge on any atom is -0.446 e. The molecule has 3 nitrogen and oxygen atoms in total. The molecule has 3 heteroatoms. The summed E-state index contributed by atoms with van der Waals surface area (Å²) in [7, 11) is 0. The number of carbonyl (C=O) groups excluding carboxylic acids is 1. The first-order valence-corrected chi connectivity index (χ1v) is 8.24. The van der Waals surface area contributed by atoms with Crippen LogP contribution in [0, 0.1) is 5.92 Å². The van der Waals surface area contributed by atoms with Gasteiger partial charge in [0.15, 0.2) is 0 Å². The third-order valence-electron chi connectivity index (χ3n) is 4.52. The maximum atomic E-state index is 12.2. The minimum atomic E-state index is -0.302. The molecule has 1 aliphatic carbocycles. The third-order valence-corrected chi connectivity index (χ3v) is 4.52. The highest BCUT2D eigenvalue weighted by Crippen LogP contribution is 2.27. The van der Waals surface area contributed by atoms with Gasteiger partial charge in [0.1, 0.15) is 6.10 Å². The molecule has 0 heterocycles. The molecule has 2 atom stereocenters. The van der Waals surface area contributed by atoms with E-state index in [4.69, 9.17) is 4.74 Å². The van der Waals surface area contributed by atoms with E-state index in [2.05, 4.69) is 44.3 Å². The van der Waals surface area contributed by atoms with E-state index >= 15 is 0 Å². The monoisotopic (exact) mass is 289 g/mol. The number of carbonyl (C=O) groups is 1. The van der Waals surface area contributed by atoms with E-state index in [-0.39, 0.29) is 12.2 Å². The molecule has 0 spiro atoms. The lowest BCUT2D eigenvalue weighted by atomic mass is 9.88. The second-order valence-electron chi connectivity index (χ2n) is 5.99. The highest BCUT2D eigenvalue weighted by Gasteiger charge is 2.25. The number of benzene rings is 1. The van der Waals surface area contributed by atoms with Crippen LogP contribution in [-0.4, -0.2) is 12.2 Å². The fourth-order valence-electron chi connectivity index (χ4n) is 3.13. The molecular formula is C18H27NO2. The predicted octanol–water partition coefficient (Wildman–Crippen LogP) is 4.94. The van der Waals surface area contributed by atoms with Gasteiger partial charge in [0.05, 0.1) is 5.69 Å². The molecule has 1 fully saturated rings. The van der Waals surface area contributed by atoms with E-state index in [0.717, 1.165) is 37.8 Å². The summed E-state index contributed by atoms with van der Waals surface area (Å²) in [6, 6.07) is 6.19. The second-order valence-corrected chi connectivity index (χ2v) is 5.99. The number of rotatable bonds is 4. The lowest BCUT2D eigenvalue weighted by Crippen LogP contribution is -2.30. The van der Waals surface area contributed by atoms with E-state index in [1.54, 1.807) is 0 Å². The first kappa shape index (κ1) is 15.9. The van der Waals surface area contributed by atoms with Crippen LogP contribution in [0.4, 0.5) is 10.5 Å². The van der Waals surface area contributed by atoms with Crippen molar-refractivity contribution in [3.63, 3.8) is 0 Å². The second kappa shape index (κ2) is 7.48.